The van der Waals surface area contributed by atoms with Gasteiger partial charge in [-0.15, -0.1) is 0 Å². The lowest BCUT2D eigenvalue weighted by atomic mass is 10.1. The number of ketones is 1. The van der Waals surface area contributed by atoms with Gasteiger partial charge in [0, 0.05) is 21.6 Å². The number of hydrogen-bond acceptors (Lipinski definition) is 4. The predicted octanol–water partition coefficient (Wildman–Crippen LogP) is 2.96. The summed E-state index contributed by atoms with van der Waals surface area (Å²) in [5.74, 6) is -2.09. The lowest BCUT2D eigenvalue weighted by Gasteiger charge is -2.12. The molecule has 0 bridgehead atoms. The second kappa shape index (κ2) is 8.10. The minimum atomic E-state index is -0.879. The van der Waals surface area contributed by atoms with E-state index in [0.717, 1.165) is 22.8 Å². The van der Waals surface area contributed by atoms with Crippen LogP contribution in [-0.2, 0) is 14.3 Å². The lowest BCUT2D eigenvalue weighted by Crippen LogP contribution is -2.43. The molecular formula is C17H19BrN2O4. The Labute approximate surface area is 148 Å². The molecule has 128 valence electrons. The van der Waals surface area contributed by atoms with Crippen molar-refractivity contribution in [2.45, 2.75) is 32.7 Å². The summed E-state index contributed by atoms with van der Waals surface area (Å²) in [5, 5.41) is 3.03. The molecule has 6 nitrogen and oxygen atoms in total. The second-order valence-corrected chi connectivity index (χ2v) is 6.35. The Morgan fingerprint density at radius 1 is 1.33 bits per heavy atom. The van der Waals surface area contributed by atoms with Crippen LogP contribution in [0.4, 0.5) is 0 Å². The number of fused-ring (bicyclic) bond motifs is 1. The van der Waals surface area contributed by atoms with Gasteiger partial charge in [-0.05, 0) is 31.5 Å². The summed E-state index contributed by atoms with van der Waals surface area (Å²) in [5.41, 5.74) is 1.01. The average Bonchev–Trinajstić information content (AvgIpc) is 2.96. The number of H-pyrrole nitrogens is 1. The predicted molar refractivity (Wildman–Crippen MR) is 93.8 cm³/mol. The van der Waals surface area contributed by atoms with Crippen LogP contribution in [0.2, 0.25) is 0 Å². The molecule has 0 unspecified atom stereocenters. The van der Waals surface area contributed by atoms with E-state index in [-0.39, 0.29) is 5.56 Å². The molecule has 24 heavy (non-hydrogen) atoms. The number of carbonyl (C=O) groups excluding carboxylic acids is 3. The number of unbranched alkanes of at least 4 members (excludes halogenated alkanes) is 1. The summed E-state index contributed by atoms with van der Waals surface area (Å²) >= 11 is 3.34. The van der Waals surface area contributed by atoms with E-state index in [1.165, 1.54) is 13.1 Å². The summed E-state index contributed by atoms with van der Waals surface area (Å²) in [7, 11) is 0. The van der Waals surface area contributed by atoms with Gasteiger partial charge in [-0.1, -0.05) is 29.3 Å². The van der Waals surface area contributed by atoms with Crippen LogP contribution in [0.25, 0.3) is 10.9 Å². The molecule has 0 spiro atoms. The quantitative estimate of drug-likeness (QED) is 0.327. The topological polar surface area (TPSA) is 88.3 Å². The summed E-state index contributed by atoms with van der Waals surface area (Å²) in [4.78, 5) is 39.2. The smallest absolute Gasteiger partial charge is 0.328 e. The van der Waals surface area contributed by atoms with Crippen LogP contribution in [0.5, 0.6) is 0 Å². The van der Waals surface area contributed by atoms with Gasteiger partial charge in [-0.25, -0.2) is 4.79 Å². The molecule has 0 saturated heterocycles. The largest absolute Gasteiger partial charge is 0.464 e. The van der Waals surface area contributed by atoms with Gasteiger partial charge in [0.2, 0.25) is 0 Å². The molecule has 0 aliphatic rings. The highest BCUT2D eigenvalue weighted by Gasteiger charge is 2.24. The van der Waals surface area contributed by atoms with Gasteiger partial charge in [0.05, 0.1) is 12.2 Å². The number of rotatable bonds is 7. The zero-order chi connectivity index (χ0) is 17.7. The van der Waals surface area contributed by atoms with Crippen molar-refractivity contribution < 1.29 is 19.1 Å². The number of Topliss-reactive ketones (excluding diaryl/α,β-unsaturated/α-hetero) is 1. The molecule has 1 amide bonds. The van der Waals surface area contributed by atoms with E-state index in [1.54, 1.807) is 6.07 Å². The monoisotopic (exact) mass is 394 g/mol. The van der Waals surface area contributed by atoms with E-state index in [1.807, 2.05) is 19.1 Å². The van der Waals surface area contributed by atoms with Crippen LogP contribution in [0, 0.1) is 0 Å². The van der Waals surface area contributed by atoms with Crippen LogP contribution in [0.1, 0.15) is 37.0 Å². The first-order valence-electron chi connectivity index (χ1n) is 7.72. The average molecular weight is 395 g/mol. The highest BCUT2D eigenvalue weighted by molar-refractivity contribution is 9.10. The molecule has 0 fully saturated rings. The summed E-state index contributed by atoms with van der Waals surface area (Å²) < 4.78 is 5.83. The van der Waals surface area contributed by atoms with Crippen LogP contribution in [-0.4, -0.2) is 35.3 Å². The van der Waals surface area contributed by atoms with Crippen molar-refractivity contribution in [3.05, 3.63) is 34.4 Å². The molecule has 1 atom stereocenters. The number of aromatic nitrogens is 1. The second-order valence-electron chi connectivity index (χ2n) is 5.44. The van der Waals surface area contributed by atoms with E-state index < -0.39 is 23.7 Å². The molecule has 0 radical (unpaired) electrons. The Bertz CT molecular complexity index is 769. The van der Waals surface area contributed by atoms with Crippen molar-refractivity contribution >= 4 is 44.5 Å². The zero-order valence-corrected chi connectivity index (χ0v) is 15.1. The number of amides is 1. The first-order valence-corrected chi connectivity index (χ1v) is 8.51. The molecule has 1 aromatic carbocycles. The van der Waals surface area contributed by atoms with Gasteiger partial charge in [-0.2, -0.15) is 0 Å². The van der Waals surface area contributed by atoms with E-state index in [4.69, 9.17) is 4.74 Å². The number of nitrogens with one attached hydrogen (secondary N) is 2. The van der Waals surface area contributed by atoms with Gasteiger partial charge >= 0.3 is 5.97 Å². The third-order valence-electron chi connectivity index (χ3n) is 3.54. The molecule has 1 aromatic heterocycles. The third-order valence-corrected chi connectivity index (χ3v) is 4.03. The van der Waals surface area contributed by atoms with Gasteiger partial charge in [-0.3, -0.25) is 9.59 Å². The third kappa shape index (κ3) is 4.23. The first kappa shape index (κ1) is 18.2. The first-order chi connectivity index (χ1) is 11.4. The number of ether oxygens (including phenoxy) is 1. The Morgan fingerprint density at radius 2 is 2.08 bits per heavy atom. The maximum absolute atomic E-state index is 12.4. The van der Waals surface area contributed by atoms with Crippen LogP contribution in [0.15, 0.2) is 28.9 Å². The number of halogens is 1. The molecule has 0 aliphatic carbocycles. The zero-order valence-electron chi connectivity index (χ0n) is 13.5. The van der Waals surface area contributed by atoms with Gasteiger partial charge in [0.1, 0.15) is 6.04 Å². The van der Waals surface area contributed by atoms with E-state index in [9.17, 15) is 14.4 Å². The minimum Gasteiger partial charge on any atom is -0.464 e. The van der Waals surface area contributed by atoms with Crippen molar-refractivity contribution in [3.8, 4) is 0 Å². The standard InChI is InChI=1S/C17H19BrN2O4/c1-3-4-7-24-17(23)10(2)20-16(22)15(21)13-9-19-14-6-5-11(18)8-12(13)14/h5-6,8-10,19H,3-4,7H2,1-2H3,(H,20,22)/t10-/m0/s1. The van der Waals surface area contributed by atoms with Crippen molar-refractivity contribution in [3.63, 3.8) is 0 Å². The van der Waals surface area contributed by atoms with Gasteiger partial charge in [0.25, 0.3) is 11.7 Å². The molecule has 0 saturated carbocycles. The van der Waals surface area contributed by atoms with Gasteiger partial charge in [0.15, 0.2) is 0 Å². The number of esters is 1. The fourth-order valence-corrected chi connectivity index (χ4v) is 2.53. The number of hydrogen-bond donors (Lipinski definition) is 2. The van der Waals surface area contributed by atoms with Gasteiger partial charge < -0.3 is 15.0 Å². The van der Waals surface area contributed by atoms with E-state index in [2.05, 4.69) is 26.2 Å². The maximum atomic E-state index is 12.4. The number of aromatic amines is 1. The maximum Gasteiger partial charge on any atom is 0.328 e. The molecule has 1 heterocycles. The summed E-state index contributed by atoms with van der Waals surface area (Å²) in [6.45, 7) is 3.78. The SMILES string of the molecule is CCCCOC(=O)[C@H](C)NC(=O)C(=O)c1c[nH]c2ccc(Br)cc12. The Morgan fingerprint density at radius 3 is 2.79 bits per heavy atom. The van der Waals surface area contributed by atoms with Crippen molar-refractivity contribution in [2.75, 3.05) is 6.61 Å². The Kier molecular flexibility index (Phi) is 6.14. The van der Waals surface area contributed by atoms with Crippen molar-refractivity contribution in [2.24, 2.45) is 0 Å². The summed E-state index contributed by atoms with van der Waals surface area (Å²) in [6.07, 6.45) is 3.15. The molecule has 0 aliphatic heterocycles. The minimum absolute atomic E-state index is 0.260. The van der Waals surface area contributed by atoms with Crippen LogP contribution < -0.4 is 5.32 Å². The normalized spacial score (nSPS) is 12.0. The fourth-order valence-electron chi connectivity index (χ4n) is 2.17. The fraction of sp³-hybridized carbons (Fsp3) is 0.353. The summed E-state index contributed by atoms with van der Waals surface area (Å²) in [6, 6.07) is 4.52. The molecule has 2 N–H and O–H groups in total. The van der Waals surface area contributed by atoms with E-state index in [0.29, 0.717) is 12.0 Å². The highest BCUT2D eigenvalue weighted by atomic mass is 79.9. The molecule has 7 heteroatoms. The molecule has 2 rings (SSSR count). The van der Waals surface area contributed by atoms with Crippen molar-refractivity contribution in [1.29, 1.82) is 0 Å². The number of benzene rings is 1. The Hall–Kier alpha value is -2.15. The highest BCUT2D eigenvalue weighted by Crippen LogP contribution is 2.23. The van der Waals surface area contributed by atoms with Crippen LogP contribution >= 0.6 is 15.9 Å². The lowest BCUT2D eigenvalue weighted by molar-refractivity contribution is -0.147. The number of carbonyl (C=O) groups is 3. The Balaban J connectivity index is 2.04. The van der Waals surface area contributed by atoms with E-state index >= 15 is 0 Å². The van der Waals surface area contributed by atoms with Crippen LogP contribution in [0.3, 0.4) is 0 Å². The van der Waals surface area contributed by atoms with Crippen molar-refractivity contribution in [1.82, 2.24) is 10.3 Å². The molecule has 2 aromatic rings. The molecular weight excluding hydrogens is 376 g/mol.